The van der Waals surface area contributed by atoms with Gasteiger partial charge in [-0.05, 0) is 60.7 Å². The first kappa shape index (κ1) is 21.7. The van der Waals surface area contributed by atoms with E-state index in [4.69, 9.17) is 0 Å². The number of halogens is 4. The van der Waals surface area contributed by atoms with E-state index in [0.29, 0.717) is 19.3 Å². The van der Waals surface area contributed by atoms with Crippen LogP contribution in [0.25, 0.3) is 0 Å². The Morgan fingerprint density at radius 1 is 1.03 bits per heavy atom. The number of H-pyrrole nitrogens is 1. The molecule has 3 atom stereocenters. The first-order valence-electron chi connectivity index (χ1n) is 10.1. The fraction of sp³-hybridized carbons (Fsp3) is 0.318. The molecule has 1 fully saturated rings. The summed E-state index contributed by atoms with van der Waals surface area (Å²) in [4.78, 5) is -0.130. The second-order valence-electron chi connectivity index (χ2n) is 8.25. The molecule has 0 radical (unpaired) electrons. The molecule has 1 N–H and O–H groups in total. The first-order valence-corrected chi connectivity index (χ1v) is 12.4. The number of aromatic amines is 1. The van der Waals surface area contributed by atoms with Crippen molar-refractivity contribution in [1.29, 1.82) is 0 Å². The molecule has 0 aliphatic carbocycles. The zero-order valence-electron chi connectivity index (χ0n) is 16.7. The lowest BCUT2D eigenvalue weighted by molar-refractivity contribution is -0.137. The van der Waals surface area contributed by atoms with Crippen LogP contribution in [0, 0.1) is 0 Å². The van der Waals surface area contributed by atoms with E-state index < -0.39 is 27.8 Å². The van der Waals surface area contributed by atoms with E-state index in [2.05, 4.69) is 26.1 Å². The Kier molecular flexibility index (Phi) is 5.22. The Morgan fingerprint density at radius 3 is 2.38 bits per heavy atom. The van der Waals surface area contributed by atoms with Crippen molar-refractivity contribution in [2.45, 2.75) is 48.3 Å². The van der Waals surface area contributed by atoms with Gasteiger partial charge in [-0.1, -0.05) is 28.1 Å². The van der Waals surface area contributed by atoms with E-state index in [1.807, 2.05) is 24.3 Å². The third kappa shape index (κ3) is 3.68. The summed E-state index contributed by atoms with van der Waals surface area (Å²) < 4.78 is 68.5. The lowest BCUT2D eigenvalue weighted by Gasteiger charge is -2.47. The Bertz CT molecular complexity index is 1240. The summed E-state index contributed by atoms with van der Waals surface area (Å²) in [5.74, 6) is 0.167. The standard InChI is InChI=1S/C22H19BrF3N3O2S/c23-16-5-1-13(2-6-16)14-9-17-11-20-19(12-27-28-20)21(10-14)29(17)32(30,31)18-7-3-15(4-8-18)22(24,25)26/h1-8,12,14,17,21H,9-11H2,(H,27,28). The number of benzene rings is 2. The van der Waals surface area contributed by atoms with Crippen LogP contribution in [0.4, 0.5) is 13.2 Å². The van der Waals surface area contributed by atoms with E-state index in [1.54, 1.807) is 6.20 Å². The molecule has 168 valence electrons. The van der Waals surface area contributed by atoms with Crippen LogP contribution in [0.1, 0.15) is 47.2 Å². The van der Waals surface area contributed by atoms with Gasteiger partial charge in [0.25, 0.3) is 0 Å². The second-order valence-corrected chi connectivity index (χ2v) is 11.0. The molecular formula is C22H19BrF3N3O2S. The minimum atomic E-state index is -4.52. The van der Waals surface area contributed by atoms with Crippen LogP contribution in [-0.4, -0.2) is 29.0 Å². The maximum absolute atomic E-state index is 13.6. The molecule has 3 unspecified atom stereocenters. The lowest BCUT2D eigenvalue weighted by Crippen LogP contribution is -2.51. The zero-order chi connectivity index (χ0) is 22.7. The number of nitrogens with one attached hydrogen (secondary N) is 1. The van der Waals surface area contributed by atoms with Crippen LogP contribution in [0.15, 0.2) is 64.1 Å². The molecule has 2 aromatic carbocycles. The first-order chi connectivity index (χ1) is 15.1. The van der Waals surface area contributed by atoms with Crippen LogP contribution in [0.3, 0.4) is 0 Å². The van der Waals surface area contributed by atoms with E-state index in [9.17, 15) is 21.6 Å². The zero-order valence-corrected chi connectivity index (χ0v) is 19.1. The molecule has 3 aromatic rings. The lowest BCUT2D eigenvalue weighted by atomic mass is 9.76. The van der Waals surface area contributed by atoms with Crippen LogP contribution in [0.5, 0.6) is 0 Å². The average Bonchev–Trinajstić information content (AvgIpc) is 3.21. The minimum absolute atomic E-state index is 0.130. The van der Waals surface area contributed by atoms with Gasteiger partial charge >= 0.3 is 6.18 Å². The average molecular weight is 526 g/mol. The topological polar surface area (TPSA) is 66.1 Å². The number of nitrogens with zero attached hydrogens (tertiary/aromatic N) is 2. The smallest absolute Gasteiger partial charge is 0.282 e. The summed E-state index contributed by atoms with van der Waals surface area (Å²) >= 11 is 3.44. The van der Waals surface area contributed by atoms with Crippen LogP contribution < -0.4 is 0 Å². The molecule has 2 aliphatic heterocycles. The molecule has 10 heteroatoms. The van der Waals surface area contributed by atoms with E-state index >= 15 is 0 Å². The Hall–Kier alpha value is -2.17. The highest BCUT2D eigenvalue weighted by atomic mass is 79.9. The quantitative estimate of drug-likeness (QED) is 0.496. The summed E-state index contributed by atoms with van der Waals surface area (Å²) in [6.07, 6.45) is -1.18. The van der Waals surface area contributed by atoms with Crippen LogP contribution >= 0.6 is 15.9 Å². The summed E-state index contributed by atoms with van der Waals surface area (Å²) in [6, 6.07) is 11.0. The van der Waals surface area contributed by atoms with Crippen molar-refractivity contribution in [3.05, 3.63) is 81.6 Å². The Balaban J connectivity index is 1.52. The van der Waals surface area contributed by atoms with Gasteiger partial charge in [0.2, 0.25) is 10.0 Å². The molecule has 32 heavy (non-hydrogen) atoms. The van der Waals surface area contributed by atoms with Gasteiger partial charge in [-0.3, -0.25) is 5.10 Å². The van der Waals surface area contributed by atoms with Gasteiger partial charge < -0.3 is 0 Å². The number of sulfonamides is 1. The molecule has 0 amide bonds. The summed E-state index contributed by atoms with van der Waals surface area (Å²) in [5.41, 5.74) is 2.02. The van der Waals surface area contributed by atoms with Crippen LogP contribution in [-0.2, 0) is 22.6 Å². The van der Waals surface area contributed by atoms with Gasteiger partial charge in [-0.25, -0.2) is 8.42 Å². The molecule has 0 saturated carbocycles. The number of fused-ring (bicyclic) bond motifs is 4. The number of hydrogen-bond acceptors (Lipinski definition) is 3. The third-order valence-corrected chi connectivity index (χ3v) is 8.88. The van der Waals surface area contributed by atoms with Crippen molar-refractivity contribution in [2.24, 2.45) is 0 Å². The van der Waals surface area contributed by atoms with E-state index in [-0.39, 0.29) is 16.9 Å². The van der Waals surface area contributed by atoms with Crippen LogP contribution in [0.2, 0.25) is 0 Å². The predicted octanol–water partition coefficient (Wildman–Crippen LogP) is 5.43. The Labute approximate surface area is 191 Å². The maximum Gasteiger partial charge on any atom is 0.416 e. The number of alkyl halides is 3. The highest BCUT2D eigenvalue weighted by Crippen LogP contribution is 2.49. The van der Waals surface area contributed by atoms with Crippen molar-refractivity contribution in [1.82, 2.24) is 14.5 Å². The highest BCUT2D eigenvalue weighted by molar-refractivity contribution is 9.10. The van der Waals surface area contributed by atoms with Gasteiger partial charge in [0.15, 0.2) is 0 Å². The molecule has 5 nitrogen and oxygen atoms in total. The molecule has 2 bridgehead atoms. The largest absolute Gasteiger partial charge is 0.416 e. The van der Waals surface area contributed by atoms with Crippen molar-refractivity contribution < 1.29 is 21.6 Å². The van der Waals surface area contributed by atoms with Gasteiger partial charge in [-0.2, -0.15) is 22.6 Å². The molecule has 5 rings (SSSR count). The fourth-order valence-electron chi connectivity index (χ4n) is 4.91. The molecule has 3 heterocycles. The van der Waals surface area contributed by atoms with Gasteiger partial charge in [-0.15, -0.1) is 0 Å². The third-order valence-electron chi connectivity index (χ3n) is 6.38. The fourth-order valence-corrected chi connectivity index (χ4v) is 6.99. The summed E-state index contributed by atoms with van der Waals surface area (Å²) in [7, 11) is -4.00. The van der Waals surface area contributed by atoms with Crippen molar-refractivity contribution >= 4 is 26.0 Å². The van der Waals surface area contributed by atoms with E-state index in [1.165, 1.54) is 4.31 Å². The summed E-state index contributed by atoms with van der Waals surface area (Å²) in [5, 5.41) is 7.11. The molecule has 2 aliphatic rings. The molecule has 1 saturated heterocycles. The van der Waals surface area contributed by atoms with E-state index in [0.717, 1.165) is 45.6 Å². The predicted molar refractivity (Wildman–Crippen MR) is 115 cm³/mol. The maximum atomic E-state index is 13.6. The number of hydrogen-bond donors (Lipinski definition) is 1. The SMILES string of the molecule is O=S(=O)(c1ccc(C(F)(F)F)cc1)N1C2Cc3[nH]ncc3C1CC(c1ccc(Br)cc1)C2. The van der Waals surface area contributed by atoms with Gasteiger partial charge in [0, 0.05) is 28.2 Å². The number of rotatable bonds is 3. The second kappa shape index (κ2) is 7.71. The minimum Gasteiger partial charge on any atom is -0.282 e. The van der Waals surface area contributed by atoms with Crippen molar-refractivity contribution in [2.75, 3.05) is 0 Å². The highest BCUT2D eigenvalue weighted by Gasteiger charge is 2.48. The molecular weight excluding hydrogens is 507 g/mol. The van der Waals surface area contributed by atoms with Gasteiger partial charge in [0.05, 0.1) is 22.7 Å². The molecule has 1 aromatic heterocycles. The molecule has 0 spiro atoms. The number of piperidine rings is 1. The summed E-state index contributed by atoms with van der Waals surface area (Å²) in [6.45, 7) is 0. The normalized spacial score (nSPS) is 23.7. The van der Waals surface area contributed by atoms with Crippen molar-refractivity contribution in [3.63, 3.8) is 0 Å². The van der Waals surface area contributed by atoms with Crippen molar-refractivity contribution in [3.8, 4) is 0 Å². The number of aromatic nitrogens is 2. The van der Waals surface area contributed by atoms with Gasteiger partial charge in [0.1, 0.15) is 0 Å². The Morgan fingerprint density at radius 2 is 1.72 bits per heavy atom. The monoisotopic (exact) mass is 525 g/mol.